The molecule has 3 amide bonds. The van der Waals surface area contributed by atoms with Crippen molar-refractivity contribution in [3.8, 4) is 5.75 Å². The predicted octanol–water partition coefficient (Wildman–Crippen LogP) is -0.417. The second-order valence-corrected chi connectivity index (χ2v) is 12.1. The van der Waals surface area contributed by atoms with Crippen LogP contribution in [0.4, 0.5) is 0 Å². The molecule has 2 aromatic carbocycles. The van der Waals surface area contributed by atoms with Gasteiger partial charge in [0.1, 0.15) is 30.0 Å². The fourth-order valence-electron chi connectivity index (χ4n) is 5.46. The van der Waals surface area contributed by atoms with E-state index in [0.717, 1.165) is 5.56 Å². The number of carboxylic acid groups (broad SMARTS) is 1. The Morgan fingerprint density at radius 2 is 1.44 bits per heavy atom. The van der Waals surface area contributed by atoms with Crippen molar-refractivity contribution in [1.82, 2.24) is 16.0 Å². The van der Waals surface area contributed by atoms with Gasteiger partial charge in [-0.15, -0.1) is 0 Å². The van der Waals surface area contributed by atoms with E-state index in [-0.39, 0.29) is 43.8 Å². The van der Waals surface area contributed by atoms with Crippen molar-refractivity contribution in [3.63, 3.8) is 0 Å². The fourth-order valence-corrected chi connectivity index (χ4v) is 5.46. The zero-order chi connectivity index (χ0) is 33.3. The van der Waals surface area contributed by atoms with E-state index < -0.39 is 72.1 Å². The van der Waals surface area contributed by atoms with E-state index in [1.54, 1.807) is 42.5 Å². The minimum atomic E-state index is -1.68. The van der Waals surface area contributed by atoms with Crippen LogP contribution in [0.2, 0.25) is 0 Å². The molecule has 0 bridgehead atoms. The molecule has 1 saturated carbocycles. The highest BCUT2D eigenvalue weighted by atomic mass is 16.4. The van der Waals surface area contributed by atoms with E-state index in [4.69, 9.17) is 5.73 Å². The quantitative estimate of drug-likeness (QED) is 0.131. The van der Waals surface area contributed by atoms with Crippen LogP contribution >= 0.6 is 0 Å². The molecule has 0 aliphatic heterocycles. The van der Waals surface area contributed by atoms with E-state index in [2.05, 4.69) is 16.0 Å². The van der Waals surface area contributed by atoms with Crippen LogP contribution in [0.1, 0.15) is 44.2 Å². The van der Waals surface area contributed by atoms with Gasteiger partial charge in [-0.25, -0.2) is 4.79 Å². The highest BCUT2D eigenvalue weighted by Gasteiger charge is 2.44. The number of aliphatic hydroxyl groups is 3. The van der Waals surface area contributed by atoms with E-state index in [1.165, 1.54) is 12.1 Å². The average Bonchev–Trinajstić information content (AvgIpc) is 2.99. The Kier molecular flexibility index (Phi) is 12.9. The van der Waals surface area contributed by atoms with Crippen LogP contribution in [0.3, 0.4) is 0 Å². The zero-order valence-corrected chi connectivity index (χ0v) is 25.4. The van der Waals surface area contributed by atoms with Crippen LogP contribution in [-0.4, -0.2) is 91.7 Å². The van der Waals surface area contributed by atoms with Crippen molar-refractivity contribution in [2.75, 3.05) is 0 Å². The molecule has 3 rings (SSSR count). The Balaban J connectivity index is 1.68. The smallest absolute Gasteiger partial charge is 0.326 e. The number of hydrogen-bond donors (Lipinski definition) is 9. The molecule has 0 saturated heterocycles. The summed E-state index contributed by atoms with van der Waals surface area (Å²) in [5, 5.41) is 58.6. The molecule has 2 aromatic rings. The molecule has 13 nitrogen and oxygen atoms in total. The van der Waals surface area contributed by atoms with E-state index in [1.807, 2.05) is 13.8 Å². The van der Waals surface area contributed by atoms with Crippen LogP contribution in [0.25, 0.3) is 0 Å². The molecule has 13 heteroatoms. The lowest BCUT2D eigenvalue weighted by Crippen LogP contribution is -2.61. The zero-order valence-electron chi connectivity index (χ0n) is 25.4. The molecule has 8 atom stereocenters. The van der Waals surface area contributed by atoms with Crippen molar-refractivity contribution < 1.29 is 44.7 Å². The van der Waals surface area contributed by atoms with E-state index >= 15 is 0 Å². The molecule has 0 aromatic heterocycles. The first-order chi connectivity index (χ1) is 21.2. The van der Waals surface area contributed by atoms with Crippen molar-refractivity contribution in [3.05, 3.63) is 65.7 Å². The second-order valence-electron chi connectivity index (χ2n) is 12.1. The third-order valence-corrected chi connectivity index (χ3v) is 7.91. The monoisotopic (exact) mass is 628 g/mol. The number of phenolic OH excluding ortho intramolecular Hbond substituents is 1. The van der Waals surface area contributed by atoms with Gasteiger partial charge in [0.2, 0.25) is 17.7 Å². The molecule has 45 heavy (non-hydrogen) atoms. The summed E-state index contributed by atoms with van der Waals surface area (Å²) in [4.78, 5) is 51.1. The van der Waals surface area contributed by atoms with Gasteiger partial charge in [-0.3, -0.25) is 14.4 Å². The van der Waals surface area contributed by atoms with Gasteiger partial charge in [0.05, 0.1) is 18.2 Å². The molecule has 1 aliphatic rings. The number of carbonyl (C=O) groups is 4. The lowest BCUT2D eigenvalue weighted by molar-refractivity contribution is -0.143. The lowest BCUT2D eigenvalue weighted by atomic mass is 9.77. The van der Waals surface area contributed by atoms with Crippen LogP contribution in [-0.2, 0) is 32.0 Å². The molecule has 0 radical (unpaired) electrons. The van der Waals surface area contributed by atoms with Crippen molar-refractivity contribution in [2.24, 2.45) is 17.6 Å². The number of nitrogens with two attached hydrogens (primary N) is 1. The third kappa shape index (κ3) is 10.5. The summed E-state index contributed by atoms with van der Waals surface area (Å²) in [7, 11) is 0. The number of aromatic hydroxyl groups is 1. The number of carboxylic acids is 1. The molecule has 0 spiro atoms. The van der Waals surface area contributed by atoms with Gasteiger partial charge in [0, 0.05) is 12.8 Å². The highest BCUT2D eigenvalue weighted by molar-refractivity contribution is 5.90. The van der Waals surface area contributed by atoms with Gasteiger partial charge in [0.15, 0.2) is 0 Å². The summed E-state index contributed by atoms with van der Waals surface area (Å²) in [6.45, 7) is 3.65. The Hall–Kier alpha value is -4.04. The third-order valence-electron chi connectivity index (χ3n) is 7.91. The summed E-state index contributed by atoms with van der Waals surface area (Å²) in [5.74, 6) is -4.01. The number of carbonyl (C=O) groups excluding carboxylic acids is 3. The Labute approximate surface area is 261 Å². The van der Waals surface area contributed by atoms with Gasteiger partial charge in [-0.2, -0.15) is 0 Å². The summed E-state index contributed by atoms with van der Waals surface area (Å²) in [6.07, 6.45) is -4.75. The van der Waals surface area contributed by atoms with Crippen LogP contribution in [0, 0.1) is 11.8 Å². The molecular weight excluding hydrogens is 584 g/mol. The summed E-state index contributed by atoms with van der Waals surface area (Å²) < 4.78 is 0. The number of hydrogen-bond acceptors (Lipinski definition) is 9. The maximum Gasteiger partial charge on any atom is 0.326 e. The van der Waals surface area contributed by atoms with E-state index in [9.17, 15) is 44.7 Å². The Morgan fingerprint density at radius 3 is 2.04 bits per heavy atom. The van der Waals surface area contributed by atoms with Crippen molar-refractivity contribution >= 4 is 23.7 Å². The SMILES string of the molecule is CC(C)C[C@H](NC(=O)[C@H](Cc1ccccc1)NC(=O)C[C@H]1C[C@H](NC(=O)[C@@H](N)Cc2ccc(O)cc2)[C@H](O)[C@H](O)[C@H]1O)C(=O)O. The molecule has 1 fully saturated rings. The number of rotatable bonds is 14. The van der Waals surface area contributed by atoms with Crippen molar-refractivity contribution in [1.29, 1.82) is 0 Å². The first-order valence-corrected chi connectivity index (χ1v) is 15.0. The number of nitrogens with one attached hydrogen (secondary N) is 3. The van der Waals surface area contributed by atoms with Crippen LogP contribution in [0.5, 0.6) is 5.75 Å². The largest absolute Gasteiger partial charge is 0.508 e. The summed E-state index contributed by atoms with van der Waals surface area (Å²) in [6, 6.07) is 10.6. The van der Waals surface area contributed by atoms with Gasteiger partial charge in [-0.05, 0) is 54.4 Å². The topological polar surface area (TPSA) is 232 Å². The first-order valence-electron chi connectivity index (χ1n) is 15.0. The fraction of sp³-hybridized carbons (Fsp3) is 0.500. The van der Waals surface area contributed by atoms with Gasteiger partial charge in [0.25, 0.3) is 0 Å². The molecule has 1 aliphatic carbocycles. The standard InChI is InChI=1S/C32H44N4O9/c1-17(2)12-25(32(44)45)36-31(43)24(14-18-6-4-3-5-7-18)34-26(38)16-20-15-23(28(40)29(41)27(20)39)35-30(42)22(33)13-19-8-10-21(37)11-9-19/h3-11,17,20,22-25,27-29,37,39-41H,12-16,33H2,1-2H3,(H,34,38)(H,35,42)(H,36,43)(H,44,45)/t20-,22+,23+,24+,25+,27+,28+,29-/m1/s1. The minimum Gasteiger partial charge on any atom is -0.508 e. The van der Waals surface area contributed by atoms with Gasteiger partial charge < -0.3 is 47.2 Å². The summed E-state index contributed by atoms with van der Waals surface area (Å²) >= 11 is 0. The predicted molar refractivity (Wildman–Crippen MR) is 164 cm³/mol. The summed E-state index contributed by atoms with van der Waals surface area (Å²) in [5.41, 5.74) is 7.46. The second kappa shape index (κ2) is 16.3. The molecule has 0 heterocycles. The van der Waals surface area contributed by atoms with Crippen molar-refractivity contribution in [2.45, 2.75) is 88.4 Å². The average molecular weight is 629 g/mol. The Bertz CT molecular complexity index is 1290. The molecule has 246 valence electrons. The first kappa shape index (κ1) is 35.4. The van der Waals surface area contributed by atoms with Gasteiger partial charge in [-0.1, -0.05) is 56.3 Å². The molecule has 0 unspecified atom stereocenters. The highest BCUT2D eigenvalue weighted by Crippen LogP contribution is 2.29. The lowest BCUT2D eigenvalue weighted by Gasteiger charge is -2.41. The number of aliphatic hydroxyl groups excluding tert-OH is 3. The number of benzene rings is 2. The van der Waals surface area contributed by atoms with Crippen LogP contribution in [0.15, 0.2) is 54.6 Å². The Morgan fingerprint density at radius 1 is 0.822 bits per heavy atom. The maximum atomic E-state index is 13.2. The molecule has 10 N–H and O–H groups in total. The normalized spacial score (nSPS) is 23.4. The van der Waals surface area contributed by atoms with E-state index in [0.29, 0.717) is 5.56 Å². The number of amides is 3. The van der Waals surface area contributed by atoms with Crippen LogP contribution < -0.4 is 21.7 Å². The maximum absolute atomic E-state index is 13.2. The number of phenols is 1. The minimum absolute atomic E-state index is 0.0149. The van der Waals surface area contributed by atoms with Gasteiger partial charge >= 0.3 is 5.97 Å². The number of aliphatic carboxylic acids is 1. The molecular formula is C32H44N4O9.